The van der Waals surface area contributed by atoms with E-state index in [1.54, 1.807) is 30.6 Å². The van der Waals surface area contributed by atoms with Crippen LogP contribution in [0.2, 0.25) is 0 Å². The molecule has 0 aromatic carbocycles. The van der Waals surface area contributed by atoms with Gasteiger partial charge in [0.05, 0.1) is 39.3 Å². The van der Waals surface area contributed by atoms with Gasteiger partial charge in [-0.1, -0.05) is 0 Å². The van der Waals surface area contributed by atoms with Gasteiger partial charge in [-0.3, -0.25) is 14.4 Å². The second-order valence-corrected chi connectivity index (χ2v) is 8.35. The summed E-state index contributed by atoms with van der Waals surface area (Å²) in [6.45, 7) is 7.93. The van der Waals surface area contributed by atoms with Crippen LogP contribution in [0.25, 0.3) is 0 Å². The van der Waals surface area contributed by atoms with Crippen LogP contribution in [0, 0.1) is 0 Å². The Bertz CT molecular complexity index is 589. The largest absolute Gasteiger partial charge is 0.520 e. The molecule has 0 aliphatic carbocycles. The molecule has 11 heteroatoms. The fourth-order valence-corrected chi connectivity index (χ4v) is 3.17. The molecule has 1 aliphatic heterocycles. The topological polar surface area (TPSA) is 123 Å². The van der Waals surface area contributed by atoms with Crippen molar-refractivity contribution in [3.05, 3.63) is 0 Å². The fraction of sp³-hybridized carbons (Fsp3) is 0.810. The first-order valence-corrected chi connectivity index (χ1v) is 10.6. The Kier molecular flexibility index (Phi) is 13.3. The average Bonchev–Trinajstić information content (AvgIpc) is 2.69. The molecule has 10 nitrogen and oxygen atoms in total. The van der Waals surface area contributed by atoms with E-state index in [4.69, 9.17) is 19.3 Å². The van der Waals surface area contributed by atoms with Crippen LogP contribution in [0.5, 0.6) is 0 Å². The third-order valence-corrected chi connectivity index (χ3v) is 4.63. The molecule has 0 unspecified atom stereocenters. The Morgan fingerprint density at radius 1 is 1.00 bits per heavy atom. The number of carbonyl (C=O) groups excluding carboxylic acids is 3. The van der Waals surface area contributed by atoms with Crippen LogP contribution in [0.15, 0.2) is 0 Å². The zero-order valence-corrected chi connectivity index (χ0v) is 21.5. The molecule has 0 aromatic rings. The van der Waals surface area contributed by atoms with E-state index in [0.29, 0.717) is 45.7 Å². The predicted molar refractivity (Wildman–Crippen MR) is 111 cm³/mol. The Hall–Kier alpha value is -3.20. The van der Waals surface area contributed by atoms with Crippen LogP contribution in [0.1, 0.15) is 52.9 Å². The monoisotopic (exact) mass is 700 g/mol. The molecule has 1 fully saturated rings. The molecule has 190 valence electrons. The summed E-state index contributed by atoms with van der Waals surface area (Å²) in [4.78, 5) is 48.9. The van der Waals surface area contributed by atoms with Crippen molar-refractivity contribution in [2.75, 3.05) is 46.1 Å². The number of piperidine rings is 1. The van der Waals surface area contributed by atoms with Crippen molar-refractivity contribution < 1.29 is 38.5 Å². The second kappa shape index (κ2) is 14.7. The number of carboxylic acid groups (broad SMARTS) is 1. The van der Waals surface area contributed by atoms with Crippen molar-refractivity contribution in [3.63, 3.8) is 0 Å². The van der Waals surface area contributed by atoms with Crippen molar-refractivity contribution in [1.29, 1.82) is 0 Å². The van der Waals surface area contributed by atoms with Crippen molar-refractivity contribution in [1.82, 2.24) is 9.80 Å². The molecule has 1 aliphatic rings. The second-order valence-electron chi connectivity index (χ2n) is 8.35. The van der Waals surface area contributed by atoms with E-state index in [1.165, 1.54) is 0 Å². The Labute approximate surface area is 183 Å². The number of esters is 1. The quantitative estimate of drug-likeness (QED) is 0.162. The number of ether oxygens (including phenoxy) is 3. The molecule has 1 saturated heterocycles. The summed E-state index contributed by atoms with van der Waals surface area (Å²) >= 11 is 0. The van der Waals surface area contributed by atoms with Crippen LogP contribution in [-0.2, 0) is 33.4 Å². The standard InChI is InChI=1S/C21H35N2O8.Fm/c1-21(2,3)31-20(28)8-12-29-14-15-30-13-11-23(18(25)4-5-19(26)27)17-6-9-22(16-24)10-7-17;/h17H,4-15H2,1-3H3,(H,26,27);/q-1;. The summed E-state index contributed by atoms with van der Waals surface area (Å²) in [6.07, 6.45) is 3.00. The zero-order chi connectivity index (χ0) is 23.3. The molecule has 0 radical (unpaired) electrons. The first-order valence-electron chi connectivity index (χ1n) is 10.6. The molecule has 0 spiro atoms. The van der Waals surface area contributed by atoms with Crippen molar-refractivity contribution >= 4 is 24.3 Å². The Balaban J connectivity index is 0.00000961. The van der Waals surface area contributed by atoms with E-state index in [-0.39, 0.29) is 50.4 Å². The van der Waals surface area contributed by atoms with Gasteiger partial charge in [0.1, 0.15) is 5.60 Å². The molecular formula is C21H35FmN2O8-. The van der Waals surface area contributed by atoms with Crippen LogP contribution < -0.4 is 0 Å². The number of hydrogen-bond acceptors (Lipinski definition) is 7. The molecule has 0 aromatic heterocycles. The summed E-state index contributed by atoms with van der Waals surface area (Å²) in [5.41, 5.74) is -0.518. The molecule has 1 N–H and O–H groups in total. The summed E-state index contributed by atoms with van der Waals surface area (Å²) < 4.78 is 16.1. The smallest absolute Gasteiger partial charge is 0.308 e. The maximum atomic E-state index is 12.5. The number of nitrogens with zero attached hydrogens (tertiary/aromatic N) is 2. The first kappa shape index (κ1) is 28.8. The van der Waals surface area contributed by atoms with Crippen LogP contribution in [-0.4, -0.2) is 96.9 Å². The summed E-state index contributed by atoms with van der Waals surface area (Å²) in [7, 11) is 0. The van der Waals surface area contributed by atoms with Gasteiger partial charge in [0.2, 0.25) is 5.91 Å². The van der Waals surface area contributed by atoms with E-state index in [9.17, 15) is 19.2 Å². The minimum absolute atomic E-state index is 0. The van der Waals surface area contributed by atoms with E-state index < -0.39 is 11.6 Å². The minimum Gasteiger partial charge on any atom is -0.520 e. The van der Waals surface area contributed by atoms with E-state index >= 15 is 0 Å². The van der Waals surface area contributed by atoms with Gasteiger partial charge in [-0.15, -0.1) is 0 Å². The number of hydrogen-bond donors (Lipinski definition) is 1. The van der Waals surface area contributed by atoms with Crippen molar-refractivity contribution in [3.8, 4) is 0 Å². The number of aliphatic carboxylic acids is 1. The Morgan fingerprint density at radius 3 is 2.12 bits per heavy atom. The van der Waals surface area contributed by atoms with Crippen LogP contribution in [0.3, 0.4) is 0 Å². The van der Waals surface area contributed by atoms with Crippen molar-refractivity contribution in [2.24, 2.45) is 0 Å². The SMILES string of the molecule is CC(C)(C)OC(=O)CCOCCOCCN(C(=O)CCC(=O)O)C1CCN([C-]=O)CC1.[Fm]. The predicted octanol–water partition coefficient (Wildman–Crippen LogP) is 0.976. The summed E-state index contributed by atoms with van der Waals surface area (Å²) in [5, 5.41) is 8.84. The van der Waals surface area contributed by atoms with Gasteiger partial charge in [0, 0.05) is 19.0 Å². The molecule has 0 saturated carbocycles. The van der Waals surface area contributed by atoms with Crippen LogP contribution >= 0.6 is 0 Å². The average molecular weight is 701 g/mol. The molecule has 0 bridgehead atoms. The Morgan fingerprint density at radius 2 is 1.59 bits per heavy atom. The van der Waals surface area contributed by atoms with Gasteiger partial charge >= 0.3 is 11.9 Å². The van der Waals surface area contributed by atoms with Gasteiger partial charge in [0.25, 0.3) is 0 Å². The number of likely N-dealkylation sites (tertiary alicyclic amines) is 1. The first-order chi connectivity index (χ1) is 14.6. The number of carboxylic acids is 1. The maximum Gasteiger partial charge on any atom is 0.308 e. The van der Waals surface area contributed by atoms with Gasteiger partial charge in [-0.2, -0.15) is 6.41 Å². The summed E-state index contributed by atoms with van der Waals surface area (Å²) in [5.74, 6) is -1.56. The summed E-state index contributed by atoms with van der Waals surface area (Å²) in [6, 6.07) is -0.0560. The minimum atomic E-state index is -1.02. The number of rotatable bonds is 14. The molecular weight excluding hydrogens is 665 g/mol. The third kappa shape index (κ3) is 12.5. The molecule has 1 heterocycles. The molecule has 0 atom stereocenters. The van der Waals surface area contributed by atoms with Crippen LogP contribution in [0.4, 0.5) is 0 Å². The van der Waals surface area contributed by atoms with Gasteiger partial charge in [-0.05, 0) is 46.7 Å². The molecule has 32 heavy (non-hydrogen) atoms. The van der Waals surface area contributed by atoms with Gasteiger partial charge in [-0.25, -0.2) is 0 Å². The van der Waals surface area contributed by atoms with Gasteiger partial charge in [0.15, 0.2) is 0 Å². The molecule has 1 rings (SSSR count). The number of carbonyl (C=O) groups is 3. The maximum absolute atomic E-state index is 12.5. The van der Waals surface area contributed by atoms with E-state index in [0.717, 1.165) is 0 Å². The van der Waals surface area contributed by atoms with E-state index in [1.807, 2.05) is 6.41 Å². The van der Waals surface area contributed by atoms with Gasteiger partial charge < -0.3 is 33.9 Å². The van der Waals surface area contributed by atoms with Crippen molar-refractivity contribution in [2.45, 2.75) is 64.5 Å². The number of amides is 2. The molecule has 2 amide bonds. The third-order valence-electron chi connectivity index (χ3n) is 4.63. The zero-order valence-electron chi connectivity index (χ0n) is 19.1. The fourth-order valence-electron chi connectivity index (χ4n) is 3.17. The normalized spacial score (nSPS) is 14.4. The van der Waals surface area contributed by atoms with E-state index in [2.05, 4.69) is 0 Å².